The summed E-state index contributed by atoms with van der Waals surface area (Å²) in [5.74, 6) is 0. The lowest BCUT2D eigenvalue weighted by Crippen LogP contribution is -2.33. The van der Waals surface area contributed by atoms with Gasteiger partial charge in [0.15, 0.2) is 6.23 Å². The lowest BCUT2D eigenvalue weighted by molar-refractivity contribution is -0.0571. The Morgan fingerprint density at radius 2 is 2.11 bits per heavy atom. The van der Waals surface area contributed by atoms with Crippen LogP contribution in [-0.4, -0.2) is 55.2 Å². The Bertz CT molecular complexity index is 601. The number of para-hydroxylation sites is 1. The molecule has 8 nitrogen and oxygen atoms in total. The SMILES string of the molecule is Nc1cccc2nnn([C@@H]3O[C@H](CO)[C@@H](O)[C@H]3O)c12. The molecule has 0 amide bonds. The van der Waals surface area contributed by atoms with Gasteiger partial charge in [0.05, 0.1) is 12.3 Å². The molecule has 1 aliphatic rings. The largest absolute Gasteiger partial charge is 0.397 e. The van der Waals surface area contributed by atoms with Crippen molar-refractivity contribution in [3.63, 3.8) is 0 Å². The van der Waals surface area contributed by atoms with Crippen molar-refractivity contribution in [2.75, 3.05) is 12.3 Å². The molecule has 102 valence electrons. The molecule has 2 heterocycles. The normalized spacial score (nSPS) is 31.1. The molecule has 0 spiro atoms. The van der Waals surface area contributed by atoms with Crippen LogP contribution in [-0.2, 0) is 4.74 Å². The monoisotopic (exact) mass is 266 g/mol. The second-order valence-electron chi connectivity index (χ2n) is 4.48. The summed E-state index contributed by atoms with van der Waals surface area (Å²) >= 11 is 0. The molecule has 0 radical (unpaired) electrons. The summed E-state index contributed by atoms with van der Waals surface area (Å²) in [6.07, 6.45) is -4.17. The fraction of sp³-hybridized carbons (Fsp3) is 0.455. The highest BCUT2D eigenvalue weighted by Crippen LogP contribution is 2.32. The Kier molecular flexibility index (Phi) is 2.86. The van der Waals surface area contributed by atoms with Gasteiger partial charge in [-0.25, -0.2) is 4.68 Å². The molecule has 0 unspecified atom stereocenters. The number of rotatable bonds is 2. The van der Waals surface area contributed by atoms with Crippen LogP contribution in [0.3, 0.4) is 0 Å². The fourth-order valence-electron chi connectivity index (χ4n) is 2.28. The number of aliphatic hydroxyl groups excluding tert-OH is 3. The molecule has 19 heavy (non-hydrogen) atoms. The van der Waals surface area contributed by atoms with Crippen molar-refractivity contribution in [1.82, 2.24) is 15.0 Å². The maximum absolute atomic E-state index is 9.97. The summed E-state index contributed by atoms with van der Waals surface area (Å²) in [6, 6.07) is 5.16. The molecule has 1 aliphatic heterocycles. The molecule has 1 aromatic heterocycles. The molecule has 1 aromatic carbocycles. The summed E-state index contributed by atoms with van der Waals surface area (Å²) in [6.45, 7) is -0.392. The topological polar surface area (TPSA) is 127 Å². The van der Waals surface area contributed by atoms with Gasteiger partial charge in [-0.1, -0.05) is 11.3 Å². The smallest absolute Gasteiger partial charge is 0.181 e. The molecule has 0 bridgehead atoms. The third-order valence-corrected chi connectivity index (χ3v) is 3.28. The van der Waals surface area contributed by atoms with Crippen molar-refractivity contribution >= 4 is 16.7 Å². The van der Waals surface area contributed by atoms with Gasteiger partial charge < -0.3 is 25.8 Å². The number of ether oxygens (including phenoxy) is 1. The first kappa shape index (κ1) is 12.3. The third-order valence-electron chi connectivity index (χ3n) is 3.28. The average Bonchev–Trinajstić information content (AvgIpc) is 2.94. The summed E-state index contributed by atoms with van der Waals surface area (Å²) in [4.78, 5) is 0. The van der Waals surface area contributed by atoms with E-state index >= 15 is 0 Å². The van der Waals surface area contributed by atoms with E-state index in [-0.39, 0.29) is 0 Å². The van der Waals surface area contributed by atoms with Crippen molar-refractivity contribution in [2.24, 2.45) is 0 Å². The van der Waals surface area contributed by atoms with Crippen LogP contribution in [0.15, 0.2) is 18.2 Å². The highest BCUT2D eigenvalue weighted by molar-refractivity contribution is 5.86. The minimum absolute atomic E-state index is 0.392. The van der Waals surface area contributed by atoms with E-state index in [1.165, 1.54) is 4.68 Å². The molecule has 3 rings (SSSR count). The molecule has 2 aromatic rings. The molecule has 8 heteroatoms. The molecule has 5 N–H and O–H groups in total. The third kappa shape index (κ3) is 1.77. The molecule has 0 saturated carbocycles. The number of anilines is 1. The highest BCUT2D eigenvalue weighted by Gasteiger charge is 2.44. The number of nitrogen functional groups attached to an aromatic ring is 1. The molecule has 4 atom stereocenters. The van der Waals surface area contributed by atoms with Crippen molar-refractivity contribution < 1.29 is 20.1 Å². The maximum Gasteiger partial charge on any atom is 0.181 e. The second kappa shape index (κ2) is 4.42. The van der Waals surface area contributed by atoms with Gasteiger partial charge in [0.25, 0.3) is 0 Å². The van der Waals surface area contributed by atoms with Gasteiger partial charge in [-0.2, -0.15) is 0 Å². The summed E-state index contributed by atoms with van der Waals surface area (Å²) in [7, 11) is 0. The Morgan fingerprint density at radius 1 is 1.32 bits per heavy atom. The van der Waals surface area contributed by atoms with Crippen LogP contribution in [0.2, 0.25) is 0 Å². The number of nitrogens with zero attached hydrogens (tertiary/aromatic N) is 3. The van der Waals surface area contributed by atoms with Gasteiger partial charge in [-0.15, -0.1) is 5.10 Å². The van der Waals surface area contributed by atoms with E-state index in [0.29, 0.717) is 16.7 Å². The Morgan fingerprint density at radius 3 is 2.79 bits per heavy atom. The number of benzene rings is 1. The number of aromatic nitrogens is 3. The minimum atomic E-state index is -1.21. The maximum atomic E-state index is 9.97. The van der Waals surface area contributed by atoms with Gasteiger partial charge in [0.1, 0.15) is 29.3 Å². The van der Waals surface area contributed by atoms with Crippen molar-refractivity contribution in [3.8, 4) is 0 Å². The number of nitrogens with two attached hydrogens (primary N) is 1. The summed E-state index contributed by atoms with van der Waals surface area (Å²) in [5.41, 5.74) is 7.40. The quantitative estimate of drug-likeness (QED) is 0.494. The first-order chi connectivity index (χ1) is 9.13. The lowest BCUT2D eigenvalue weighted by Gasteiger charge is -2.15. The first-order valence-corrected chi connectivity index (χ1v) is 5.85. The van der Waals surface area contributed by atoms with E-state index in [4.69, 9.17) is 15.6 Å². The van der Waals surface area contributed by atoms with E-state index in [9.17, 15) is 10.2 Å². The van der Waals surface area contributed by atoms with E-state index < -0.39 is 31.1 Å². The summed E-state index contributed by atoms with van der Waals surface area (Å²) in [5, 5.41) is 36.6. The first-order valence-electron chi connectivity index (χ1n) is 5.85. The van der Waals surface area contributed by atoms with E-state index in [1.807, 2.05) is 0 Å². The van der Waals surface area contributed by atoms with E-state index in [2.05, 4.69) is 10.3 Å². The van der Waals surface area contributed by atoms with Crippen LogP contribution in [0.25, 0.3) is 11.0 Å². The zero-order chi connectivity index (χ0) is 13.6. The molecule has 1 fully saturated rings. The minimum Gasteiger partial charge on any atom is -0.397 e. The van der Waals surface area contributed by atoms with Crippen LogP contribution in [0, 0.1) is 0 Å². The Hall–Kier alpha value is -1.74. The van der Waals surface area contributed by atoms with E-state index in [0.717, 1.165) is 0 Å². The number of aliphatic hydroxyl groups is 3. The Balaban J connectivity index is 2.06. The number of hydrogen-bond donors (Lipinski definition) is 4. The lowest BCUT2D eigenvalue weighted by atomic mass is 10.1. The van der Waals surface area contributed by atoms with Crippen LogP contribution >= 0.6 is 0 Å². The zero-order valence-corrected chi connectivity index (χ0v) is 9.92. The van der Waals surface area contributed by atoms with Crippen LogP contribution in [0.5, 0.6) is 0 Å². The van der Waals surface area contributed by atoms with E-state index in [1.54, 1.807) is 18.2 Å². The van der Waals surface area contributed by atoms with Gasteiger partial charge in [-0.05, 0) is 12.1 Å². The van der Waals surface area contributed by atoms with Crippen LogP contribution < -0.4 is 5.73 Å². The second-order valence-corrected chi connectivity index (χ2v) is 4.48. The average molecular weight is 266 g/mol. The number of fused-ring (bicyclic) bond motifs is 1. The Labute approximate surface area is 108 Å². The molecular weight excluding hydrogens is 252 g/mol. The van der Waals surface area contributed by atoms with Gasteiger partial charge in [-0.3, -0.25) is 0 Å². The summed E-state index contributed by atoms with van der Waals surface area (Å²) < 4.78 is 6.73. The molecule has 0 aliphatic carbocycles. The molecule has 1 saturated heterocycles. The predicted octanol–water partition coefficient (Wildman–Crippen LogP) is -1.38. The number of hydrogen-bond acceptors (Lipinski definition) is 7. The highest BCUT2D eigenvalue weighted by atomic mass is 16.6. The molecular formula is C11H14N4O4. The van der Waals surface area contributed by atoms with Crippen molar-refractivity contribution in [1.29, 1.82) is 0 Å². The van der Waals surface area contributed by atoms with Crippen molar-refractivity contribution in [2.45, 2.75) is 24.5 Å². The van der Waals surface area contributed by atoms with Gasteiger partial charge in [0, 0.05) is 0 Å². The fourth-order valence-corrected chi connectivity index (χ4v) is 2.28. The van der Waals surface area contributed by atoms with Gasteiger partial charge in [0.2, 0.25) is 0 Å². The van der Waals surface area contributed by atoms with Gasteiger partial charge >= 0.3 is 0 Å². The van der Waals surface area contributed by atoms with Crippen LogP contribution in [0.4, 0.5) is 5.69 Å². The van der Waals surface area contributed by atoms with Crippen molar-refractivity contribution in [3.05, 3.63) is 18.2 Å². The van der Waals surface area contributed by atoms with Crippen LogP contribution in [0.1, 0.15) is 6.23 Å². The predicted molar refractivity (Wildman–Crippen MR) is 64.9 cm³/mol. The standard InChI is InChI=1S/C11H14N4O4/c12-5-2-1-3-6-8(5)15(14-13-6)11-10(18)9(17)7(4-16)19-11/h1-3,7,9-11,16-18H,4,12H2/t7-,9-,10-,11-/m1/s1. The zero-order valence-electron chi connectivity index (χ0n) is 9.92.